The Morgan fingerprint density at radius 1 is 1.38 bits per heavy atom. The molecule has 0 bridgehead atoms. The van der Waals surface area contributed by atoms with E-state index in [0.29, 0.717) is 24.7 Å². The van der Waals surface area contributed by atoms with Gasteiger partial charge in [-0.15, -0.1) is 0 Å². The van der Waals surface area contributed by atoms with E-state index in [1.165, 1.54) is 32.1 Å². The van der Waals surface area contributed by atoms with Crippen LogP contribution >= 0.6 is 11.8 Å². The molecular weight excluding hydrogens is 224 g/mol. The molecule has 0 amide bonds. The number of ether oxygens (including phenoxy) is 1. The Morgan fingerprint density at radius 2 is 2.12 bits per heavy atom. The lowest BCUT2D eigenvalue weighted by Crippen LogP contribution is -2.42. The van der Waals surface area contributed by atoms with Crippen LogP contribution in [0.3, 0.4) is 0 Å². The van der Waals surface area contributed by atoms with Crippen LogP contribution in [0.4, 0.5) is 0 Å². The highest BCUT2D eigenvalue weighted by Gasteiger charge is 2.43. The van der Waals surface area contributed by atoms with Crippen molar-refractivity contribution in [2.24, 2.45) is 5.92 Å². The van der Waals surface area contributed by atoms with Gasteiger partial charge in [-0.2, -0.15) is 11.8 Å². The van der Waals surface area contributed by atoms with E-state index in [0.717, 1.165) is 5.75 Å². The van der Waals surface area contributed by atoms with E-state index in [-0.39, 0.29) is 0 Å². The summed E-state index contributed by atoms with van der Waals surface area (Å²) >= 11 is 1.69. The summed E-state index contributed by atoms with van der Waals surface area (Å²) in [5.41, 5.74) is -0.873. The van der Waals surface area contributed by atoms with Gasteiger partial charge in [0.15, 0.2) is 5.60 Å². The van der Waals surface area contributed by atoms with E-state index in [4.69, 9.17) is 4.74 Å². The lowest BCUT2D eigenvalue weighted by molar-refractivity contribution is -0.164. The van der Waals surface area contributed by atoms with Crippen molar-refractivity contribution >= 4 is 17.7 Å². The molecule has 1 atom stereocenters. The predicted octanol–water partition coefficient (Wildman–Crippen LogP) is 2.54. The summed E-state index contributed by atoms with van der Waals surface area (Å²) in [6.45, 7) is 0.646. The first-order valence-corrected chi connectivity index (χ1v) is 7.33. The number of hydrogen-bond acceptors (Lipinski definition) is 3. The fourth-order valence-corrected chi connectivity index (χ4v) is 3.82. The summed E-state index contributed by atoms with van der Waals surface area (Å²) in [6, 6.07) is 0. The van der Waals surface area contributed by atoms with Crippen LogP contribution in [0, 0.1) is 5.92 Å². The first-order chi connectivity index (χ1) is 7.73. The SMILES string of the molecule is O=C(O)C1(OCC2CCCCC2)CCSC1. The van der Waals surface area contributed by atoms with Crippen LogP contribution in [-0.4, -0.2) is 34.8 Å². The third kappa shape index (κ3) is 2.72. The monoisotopic (exact) mass is 244 g/mol. The van der Waals surface area contributed by atoms with Crippen molar-refractivity contribution in [3.05, 3.63) is 0 Å². The minimum atomic E-state index is -0.873. The van der Waals surface area contributed by atoms with E-state index in [1.807, 2.05) is 0 Å². The van der Waals surface area contributed by atoms with Crippen molar-refractivity contribution < 1.29 is 14.6 Å². The van der Waals surface area contributed by atoms with Crippen molar-refractivity contribution in [1.29, 1.82) is 0 Å². The molecule has 1 heterocycles. The zero-order chi connectivity index (χ0) is 11.4. The van der Waals surface area contributed by atoms with Crippen molar-refractivity contribution in [3.8, 4) is 0 Å². The molecule has 0 aromatic carbocycles. The molecule has 0 spiro atoms. The topological polar surface area (TPSA) is 46.5 Å². The average Bonchev–Trinajstić information content (AvgIpc) is 2.78. The zero-order valence-electron chi connectivity index (χ0n) is 9.61. The normalized spacial score (nSPS) is 31.8. The molecule has 1 aliphatic heterocycles. The van der Waals surface area contributed by atoms with Crippen LogP contribution < -0.4 is 0 Å². The molecule has 0 aromatic heterocycles. The molecule has 3 nitrogen and oxygen atoms in total. The molecule has 0 radical (unpaired) electrons. The van der Waals surface area contributed by atoms with Crippen molar-refractivity contribution in [1.82, 2.24) is 0 Å². The molecule has 92 valence electrons. The molecule has 2 aliphatic rings. The summed E-state index contributed by atoms with van der Waals surface area (Å²) in [6.07, 6.45) is 6.98. The summed E-state index contributed by atoms with van der Waals surface area (Å²) < 4.78 is 5.77. The average molecular weight is 244 g/mol. The Morgan fingerprint density at radius 3 is 2.69 bits per heavy atom. The van der Waals surface area contributed by atoms with Crippen LogP contribution in [0.5, 0.6) is 0 Å². The summed E-state index contributed by atoms with van der Waals surface area (Å²) in [5.74, 6) is 1.36. The van der Waals surface area contributed by atoms with Gasteiger partial charge in [-0.1, -0.05) is 19.3 Å². The van der Waals surface area contributed by atoms with Gasteiger partial charge in [0.1, 0.15) is 0 Å². The molecule has 0 aromatic rings. The first kappa shape index (κ1) is 12.2. The van der Waals surface area contributed by atoms with E-state index in [2.05, 4.69) is 0 Å². The number of carboxylic acid groups (broad SMARTS) is 1. The van der Waals surface area contributed by atoms with Crippen molar-refractivity contribution in [2.45, 2.75) is 44.1 Å². The fourth-order valence-electron chi connectivity index (χ4n) is 2.52. The Labute approximate surface area is 101 Å². The minimum absolute atomic E-state index is 0.593. The van der Waals surface area contributed by atoms with Gasteiger partial charge in [0.2, 0.25) is 0 Å². The van der Waals surface area contributed by atoms with Gasteiger partial charge in [-0.05, 0) is 30.9 Å². The van der Waals surface area contributed by atoms with Crippen molar-refractivity contribution in [2.75, 3.05) is 18.1 Å². The molecule has 2 rings (SSSR count). The number of hydrogen-bond donors (Lipinski definition) is 1. The van der Waals surface area contributed by atoms with Crippen LogP contribution in [0.15, 0.2) is 0 Å². The van der Waals surface area contributed by atoms with E-state index >= 15 is 0 Å². The Kier molecular flexibility index (Phi) is 4.14. The van der Waals surface area contributed by atoms with Gasteiger partial charge in [0.05, 0.1) is 6.61 Å². The van der Waals surface area contributed by atoms with Gasteiger partial charge >= 0.3 is 5.97 Å². The lowest BCUT2D eigenvalue weighted by atomic mass is 9.90. The van der Waals surface area contributed by atoms with Gasteiger partial charge in [-0.25, -0.2) is 4.79 Å². The standard InChI is InChI=1S/C12H20O3S/c13-11(14)12(6-7-16-9-12)15-8-10-4-2-1-3-5-10/h10H,1-9H2,(H,13,14). The van der Waals surface area contributed by atoms with Crippen LogP contribution in [-0.2, 0) is 9.53 Å². The van der Waals surface area contributed by atoms with E-state index in [1.54, 1.807) is 11.8 Å². The van der Waals surface area contributed by atoms with Crippen molar-refractivity contribution in [3.63, 3.8) is 0 Å². The molecule has 4 heteroatoms. The maximum atomic E-state index is 11.3. The highest BCUT2D eigenvalue weighted by Crippen LogP contribution is 2.33. The van der Waals surface area contributed by atoms with E-state index in [9.17, 15) is 9.90 Å². The summed E-state index contributed by atoms with van der Waals surface area (Å²) in [4.78, 5) is 11.3. The minimum Gasteiger partial charge on any atom is -0.479 e. The number of rotatable bonds is 4. The quantitative estimate of drug-likeness (QED) is 0.825. The largest absolute Gasteiger partial charge is 0.479 e. The second-order valence-corrected chi connectivity index (χ2v) is 6.02. The van der Waals surface area contributed by atoms with Crippen LogP contribution in [0.25, 0.3) is 0 Å². The maximum Gasteiger partial charge on any atom is 0.336 e. The predicted molar refractivity (Wildman–Crippen MR) is 64.8 cm³/mol. The molecule has 1 saturated carbocycles. The van der Waals surface area contributed by atoms with Gasteiger partial charge < -0.3 is 9.84 Å². The maximum absolute atomic E-state index is 11.3. The summed E-state index contributed by atoms with van der Waals surface area (Å²) in [5, 5.41) is 9.25. The third-order valence-corrected chi connectivity index (χ3v) is 4.86. The molecule has 1 saturated heterocycles. The van der Waals surface area contributed by atoms with Gasteiger partial charge in [0.25, 0.3) is 0 Å². The number of carboxylic acids is 1. The molecule has 1 N–H and O–H groups in total. The van der Waals surface area contributed by atoms with Gasteiger partial charge in [0, 0.05) is 5.75 Å². The van der Waals surface area contributed by atoms with Crippen LogP contribution in [0.2, 0.25) is 0 Å². The second-order valence-electron chi connectivity index (χ2n) is 4.92. The Bertz CT molecular complexity index is 243. The Hall–Kier alpha value is -0.220. The van der Waals surface area contributed by atoms with Gasteiger partial charge in [-0.3, -0.25) is 0 Å². The van der Waals surface area contributed by atoms with Crippen LogP contribution in [0.1, 0.15) is 38.5 Å². The molecule has 1 aliphatic carbocycles. The number of carbonyl (C=O) groups is 1. The fraction of sp³-hybridized carbons (Fsp3) is 0.917. The smallest absolute Gasteiger partial charge is 0.336 e. The molecule has 1 unspecified atom stereocenters. The highest BCUT2D eigenvalue weighted by molar-refractivity contribution is 7.99. The summed E-state index contributed by atoms with van der Waals surface area (Å²) in [7, 11) is 0. The zero-order valence-corrected chi connectivity index (χ0v) is 10.4. The molecule has 2 fully saturated rings. The molecular formula is C12H20O3S. The first-order valence-electron chi connectivity index (χ1n) is 6.18. The third-order valence-electron chi connectivity index (χ3n) is 3.70. The lowest BCUT2D eigenvalue weighted by Gasteiger charge is -2.28. The Balaban J connectivity index is 1.84. The number of thioether (sulfide) groups is 1. The van der Waals surface area contributed by atoms with E-state index < -0.39 is 11.6 Å². The second kappa shape index (κ2) is 5.41. The molecule has 16 heavy (non-hydrogen) atoms. The highest BCUT2D eigenvalue weighted by atomic mass is 32.2. The number of aliphatic carboxylic acids is 1.